The molecule has 18 heavy (non-hydrogen) atoms. The van der Waals surface area contributed by atoms with Gasteiger partial charge in [-0.1, -0.05) is 30.3 Å². The quantitative estimate of drug-likeness (QED) is 0.868. The van der Waals surface area contributed by atoms with E-state index in [1.54, 1.807) is 0 Å². The number of hydrogen-bond donors (Lipinski definition) is 2. The van der Waals surface area contributed by atoms with Gasteiger partial charge in [-0.05, 0) is 29.5 Å². The smallest absolute Gasteiger partial charge is 0.346 e. The fourth-order valence-electron chi connectivity index (χ4n) is 1.79. The van der Waals surface area contributed by atoms with Gasteiger partial charge in [0, 0.05) is 12.6 Å². The molecule has 1 aromatic heterocycles. The number of thiophene rings is 1. The largest absolute Gasteiger partial charge is 0.477 e. The zero-order valence-corrected chi connectivity index (χ0v) is 10.9. The predicted octanol–water partition coefficient (Wildman–Crippen LogP) is 3.30. The second-order valence-electron chi connectivity index (χ2n) is 4.09. The number of hydrogen-bond acceptors (Lipinski definition) is 3. The van der Waals surface area contributed by atoms with Crippen LogP contribution in [-0.2, 0) is 6.54 Å². The van der Waals surface area contributed by atoms with Crippen LogP contribution in [0.1, 0.15) is 33.8 Å². The molecule has 1 unspecified atom stereocenters. The summed E-state index contributed by atoms with van der Waals surface area (Å²) in [6.45, 7) is 2.64. The molecular formula is C14H15NO2S. The lowest BCUT2D eigenvalue weighted by atomic mass is 10.1. The van der Waals surface area contributed by atoms with Gasteiger partial charge < -0.3 is 10.4 Å². The molecule has 0 radical (unpaired) electrons. The molecule has 0 amide bonds. The summed E-state index contributed by atoms with van der Waals surface area (Å²) in [6, 6.07) is 12.2. The highest BCUT2D eigenvalue weighted by Crippen LogP contribution is 2.18. The van der Waals surface area contributed by atoms with Crippen LogP contribution in [0, 0.1) is 0 Å². The monoisotopic (exact) mass is 261 g/mol. The fourth-order valence-corrected chi connectivity index (χ4v) is 2.55. The van der Waals surface area contributed by atoms with Crippen molar-refractivity contribution in [2.45, 2.75) is 19.5 Å². The number of carboxylic acids is 1. The molecule has 0 aliphatic rings. The average Bonchev–Trinajstić information content (AvgIpc) is 2.85. The molecule has 0 bridgehead atoms. The molecule has 2 aromatic rings. The van der Waals surface area contributed by atoms with Crippen LogP contribution in [0.15, 0.2) is 41.8 Å². The van der Waals surface area contributed by atoms with Gasteiger partial charge in [-0.3, -0.25) is 0 Å². The first-order valence-corrected chi connectivity index (χ1v) is 6.64. The predicted molar refractivity (Wildman–Crippen MR) is 73.0 cm³/mol. The number of benzene rings is 1. The van der Waals surface area contributed by atoms with Crippen LogP contribution in [0.25, 0.3) is 0 Å². The van der Waals surface area contributed by atoms with E-state index in [1.165, 1.54) is 16.9 Å². The van der Waals surface area contributed by atoms with Crippen LogP contribution in [0.2, 0.25) is 0 Å². The molecule has 4 heteroatoms. The number of rotatable bonds is 5. The van der Waals surface area contributed by atoms with Crippen molar-refractivity contribution in [2.75, 3.05) is 0 Å². The molecule has 2 rings (SSSR count). The van der Waals surface area contributed by atoms with E-state index in [-0.39, 0.29) is 6.04 Å². The lowest BCUT2D eigenvalue weighted by molar-refractivity contribution is 0.0701. The Balaban J connectivity index is 1.99. The Hall–Kier alpha value is -1.65. The van der Waals surface area contributed by atoms with E-state index >= 15 is 0 Å². The summed E-state index contributed by atoms with van der Waals surface area (Å²) in [5.74, 6) is -0.853. The second kappa shape index (κ2) is 5.80. The fraction of sp³-hybridized carbons (Fsp3) is 0.214. The Morgan fingerprint density at radius 1 is 1.33 bits per heavy atom. The number of aromatic carboxylic acids is 1. The number of carbonyl (C=O) groups is 1. The van der Waals surface area contributed by atoms with E-state index in [1.807, 2.05) is 29.6 Å². The third-order valence-corrected chi connectivity index (χ3v) is 3.78. The summed E-state index contributed by atoms with van der Waals surface area (Å²) >= 11 is 1.27. The standard InChI is InChI=1S/C14H15NO2S/c1-10(11-5-3-2-4-6-11)15-9-12-7-8-18-13(12)14(16)17/h2-8,10,15H,9H2,1H3,(H,16,17). The third-order valence-electron chi connectivity index (χ3n) is 2.84. The molecule has 94 valence electrons. The van der Waals surface area contributed by atoms with E-state index in [0.717, 1.165) is 5.56 Å². The molecule has 0 spiro atoms. The number of nitrogens with one attached hydrogen (secondary N) is 1. The number of carboxylic acid groups (broad SMARTS) is 1. The Kier molecular flexibility index (Phi) is 4.12. The zero-order valence-electron chi connectivity index (χ0n) is 10.1. The van der Waals surface area contributed by atoms with Gasteiger partial charge in [0.25, 0.3) is 0 Å². The van der Waals surface area contributed by atoms with Crippen LogP contribution in [0.5, 0.6) is 0 Å². The van der Waals surface area contributed by atoms with Crippen LogP contribution >= 0.6 is 11.3 Å². The van der Waals surface area contributed by atoms with Crippen molar-refractivity contribution in [2.24, 2.45) is 0 Å². The maximum Gasteiger partial charge on any atom is 0.346 e. The second-order valence-corrected chi connectivity index (χ2v) is 5.01. The molecule has 2 N–H and O–H groups in total. The molecular weight excluding hydrogens is 246 g/mol. The Morgan fingerprint density at radius 3 is 2.72 bits per heavy atom. The van der Waals surface area contributed by atoms with Gasteiger partial charge in [0.05, 0.1) is 0 Å². The zero-order chi connectivity index (χ0) is 13.0. The molecule has 1 atom stereocenters. The molecule has 3 nitrogen and oxygen atoms in total. The summed E-state index contributed by atoms with van der Waals surface area (Å²) in [7, 11) is 0. The molecule has 0 saturated carbocycles. The highest BCUT2D eigenvalue weighted by Gasteiger charge is 2.12. The summed E-state index contributed by atoms with van der Waals surface area (Å²) < 4.78 is 0. The van der Waals surface area contributed by atoms with Gasteiger partial charge in [0.1, 0.15) is 4.88 Å². The van der Waals surface area contributed by atoms with Gasteiger partial charge in [0.2, 0.25) is 0 Å². The average molecular weight is 261 g/mol. The van der Waals surface area contributed by atoms with E-state index < -0.39 is 5.97 Å². The van der Waals surface area contributed by atoms with Crippen molar-refractivity contribution in [1.29, 1.82) is 0 Å². The molecule has 1 heterocycles. The van der Waals surface area contributed by atoms with Gasteiger partial charge in [-0.2, -0.15) is 0 Å². The van der Waals surface area contributed by atoms with Gasteiger partial charge in [-0.15, -0.1) is 11.3 Å². The van der Waals surface area contributed by atoms with Gasteiger partial charge >= 0.3 is 5.97 Å². The Labute approximate surface area is 110 Å². The Bertz CT molecular complexity index is 522. The van der Waals surface area contributed by atoms with E-state index in [0.29, 0.717) is 11.4 Å². The highest BCUT2D eigenvalue weighted by atomic mass is 32.1. The van der Waals surface area contributed by atoms with E-state index in [9.17, 15) is 4.79 Å². The SMILES string of the molecule is CC(NCc1ccsc1C(=O)O)c1ccccc1. The first-order valence-electron chi connectivity index (χ1n) is 5.76. The highest BCUT2D eigenvalue weighted by molar-refractivity contribution is 7.12. The maximum absolute atomic E-state index is 11.0. The maximum atomic E-state index is 11.0. The molecule has 1 aromatic carbocycles. The topological polar surface area (TPSA) is 49.3 Å². The normalized spacial score (nSPS) is 12.3. The minimum Gasteiger partial charge on any atom is -0.477 e. The first kappa shape index (κ1) is 12.8. The summed E-state index contributed by atoms with van der Waals surface area (Å²) in [5.41, 5.74) is 2.04. The molecule has 0 aliphatic carbocycles. The van der Waals surface area contributed by atoms with Crippen molar-refractivity contribution in [1.82, 2.24) is 5.32 Å². The van der Waals surface area contributed by atoms with Crippen molar-refractivity contribution >= 4 is 17.3 Å². The van der Waals surface area contributed by atoms with Crippen LogP contribution < -0.4 is 5.32 Å². The summed E-state index contributed by atoms with van der Waals surface area (Å²) in [4.78, 5) is 11.4. The van der Waals surface area contributed by atoms with Crippen LogP contribution in [0.3, 0.4) is 0 Å². The van der Waals surface area contributed by atoms with Crippen LogP contribution in [-0.4, -0.2) is 11.1 Å². The van der Waals surface area contributed by atoms with Gasteiger partial charge in [0.15, 0.2) is 0 Å². The minimum absolute atomic E-state index is 0.202. The van der Waals surface area contributed by atoms with Gasteiger partial charge in [-0.25, -0.2) is 4.79 Å². The first-order chi connectivity index (χ1) is 8.68. The van der Waals surface area contributed by atoms with Crippen molar-refractivity contribution < 1.29 is 9.90 Å². The molecule has 0 fully saturated rings. The third kappa shape index (κ3) is 2.97. The summed E-state index contributed by atoms with van der Waals surface area (Å²) in [5, 5.41) is 14.2. The minimum atomic E-state index is -0.853. The molecule has 0 saturated heterocycles. The van der Waals surface area contributed by atoms with E-state index in [2.05, 4.69) is 24.4 Å². The Morgan fingerprint density at radius 2 is 2.06 bits per heavy atom. The van der Waals surface area contributed by atoms with Crippen molar-refractivity contribution in [3.8, 4) is 0 Å². The lowest BCUT2D eigenvalue weighted by Gasteiger charge is -2.13. The van der Waals surface area contributed by atoms with Crippen molar-refractivity contribution in [3.63, 3.8) is 0 Å². The lowest BCUT2D eigenvalue weighted by Crippen LogP contribution is -2.18. The molecule has 0 aliphatic heterocycles. The van der Waals surface area contributed by atoms with E-state index in [4.69, 9.17) is 5.11 Å². The van der Waals surface area contributed by atoms with Crippen LogP contribution in [0.4, 0.5) is 0 Å². The van der Waals surface area contributed by atoms with Crippen molar-refractivity contribution in [3.05, 3.63) is 57.8 Å². The summed E-state index contributed by atoms with van der Waals surface area (Å²) in [6.07, 6.45) is 0.